The Kier molecular flexibility index (Phi) is 5.08. The first kappa shape index (κ1) is 18.1. The van der Waals surface area contributed by atoms with Gasteiger partial charge in [0.2, 0.25) is 5.91 Å². The van der Waals surface area contributed by atoms with Gasteiger partial charge in [-0.3, -0.25) is 4.79 Å². The minimum absolute atomic E-state index is 0.244. The summed E-state index contributed by atoms with van der Waals surface area (Å²) in [5.74, 6) is 0.0990. The fraction of sp³-hybridized carbons (Fsp3) is 0.625. The number of aliphatic hydroxyl groups is 1. The molecule has 0 aromatic carbocycles. The summed E-state index contributed by atoms with van der Waals surface area (Å²) in [5, 5.41) is 13.4. The molecule has 1 aromatic heterocycles. The van der Waals surface area contributed by atoms with Crippen LogP contribution < -0.4 is 5.32 Å². The molecule has 2 heterocycles. The van der Waals surface area contributed by atoms with Crippen molar-refractivity contribution in [1.29, 1.82) is 0 Å². The van der Waals surface area contributed by atoms with Gasteiger partial charge < -0.3 is 20.1 Å². The van der Waals surface area contributed by atoms with E-state index in [0.29, 0.717) is 37.4 Å². The lowest BCUT2D eigenvalue weighted by atomic mass is 9.88. The van der Waals surface area contributed by atoms with Crippen molar-refractivity contribution in [1.82, 2.24) is 14.9 Å². The molecular weight excluding hydrogens is 312 g/mol. The topological polar surface area (TPSA) is 105 Å². The highest BCUT2D eigenvalue weighted by atomic mass is 16.6. The number of hydrogen-bond donors (Lipinski definition) is 2. The molecule has 0 bridgehead atoms. The maximum absolute atomic E-state index is 12.1. The van der Waals surface area contributed by atoms with Crippen LogP contribution in [0.1, 0.15) is 46.2 Å². The Labute approximate surface area is 141 Å². The summed E-state index contributed by atoms with van der Waals surface area (Å²) < 4.78 is 5.35. The molecule has 0 saturated carbocycles. The van der Waals surface area contributed by atoms with Crippen LogP contribution in [-0.4, -0.2) is 50.7 Å². The average molecular weight is 336 g/mol. The molecule has 8 heteroatoms. The molecule has 1 aromatic rings. The minimum Gasteiger partial charge on any atom is -0.444 e. The molecule has 2 amide bonds. The molecule has 8 nitrogen and oxygen atoms in total. The summed E-state index contributed by atoms with van der Waals surface area (Å²) in [6.45, 7) is 7.56. The van der Waals surface area contributed by atoms with Crippen molar-refractivity contribution >= 4 is 17.8 Å². The monoisotopic (exact) mass is 336 g/mol. The van der Waals surface area contributed by atoms with Gasteiger partial charge in [-0.2, -0.15) is 0 Å². The van der Waals surface area contributed by atoms with Crippen LogP contribution in [0.4, 0.5) is 10.6 Å². The molecule has 1 aliphatic rings. The van der Waals surface area contributed by atoms with Gasteiger partial charge in [0, 0.05) is 26.1 Å². The van der Waals surface area contributed by atoms with E-state index in [1.165, 1.54) is 13.3 Å². The molecule has 0 radical (unpaired) electrons. The van der Waals surface area contributed by atoms with Crippen molar-refractivity contribution < 1.29 is 19.4 Å². The number of amides is 2. The molecular formula is C16H24N4O4. The van der Waals surface area contributed by atoms with Gasteiger partial charge in [-0.25, -0.2) is 14.8 Å². The number of carbonyl (C=O) groups excluding carboxylic acids is 2. The maximum atomic E-state index is 12.1. The lowest BCUT2D eigenvalue weighted by Crippen LogP contribution is -2.47. The lowest BCUT2D eigenvalue weighted by Gasteiger charge is -2.38. The van der Waals surface area contributed by atoms with Gasteiger partial charge in [-0.1, -0.05) is 0 Å². The Morgan fingerprint density at radius 1 is 1.29 bits per heavy atom. The number of carbonyl (C=O) groups is 2. The van der Waals surface area contributed by atoms with Gasteiger partial charge in [0.25, 0.3) is 0 Å². The number of nitrogens with zero attached hydrogens (tertiary/aromatic N) is 3. The number of rotatable bonds is 2. The third-order valence-electron chi connectivity index (χ3n) is 3.69. The predicted octanol–water partition coefficient (Wildman–Crippen LogP) is 1.65. The zero-order chi connectivity index (χ0) is 18.0. The van der Waals surface area contributed by atoms with E-state index in [4.69, 9.17) is 4.74 Å². The first-order valence-corrected chi connectivity index (χ1v) is 7.89. The molecule has 1 fully saturated rings. The number of nitrogens with one attached hydrogen (secondary N) is 1. The number of hydrogen-bond acceptors (Lipinski definition) is 6. The van der Waals surface area contributed by atoms with Crippen molar-refractivity contribution in [2.75, 3.05) is 18.4 Å². The van der Waals surface area contributed by atoms with Gasteiger partial charge >= 0.3 is 6.09 Å². The second-order valence-corrected chi connectivity index (χ2v) is 6.97. The third-order valence-corrected chi connectivity index (χ3v) is 3.69. The SMILES string of the molecule is CC(=O)Nc1cc(C2(O)CCN(C(=O)OC(C)(C)C)CC2)ncn1. The molecule has 0 spiro atoms. The van der Waals surface area contributed by atoms with Crippen molar-refractivity contribution in [2.24, 2.45) is 0 Å². The van der Waals surface area contributed by atoms with E-state index in [9.17, 15) is 14.7 Å². The molecule has 0 unspecified atom stereocenters. The second-order valence-electron chi connectivity index (χ2n) is 6.97. The Morgan fingerprint density at radius 3 is 2.46 bits per heavy atom. The lowest BCUT2D eigenvalue weighted by molar-refractivity contribution is -0.114. The first-order valence-electron chi connectivity index (χ1n) is 7.89. The summed E-state index contributed by atoms with van der Waals surface area (Å²) in [6.07, 6.45) is 1.59. The van der Waals surface area contributed by atoms with Crippen molar-refractivity contribution in [3.8, 4) is 0 Å². The first-order chi connectivity index (χ1) is 11.1. The Hall–Kier alpha value is -2.22. The quantitative estimate of drug-likeness (QED) is 0.851. The van der Waals surface area contributed by atoms with Crippen LogP contribution in [0.25, 0.3) is 0 Å². The Morgan fingerprint density at radius 2 is 1.92 bits per heavy atom. The number of anilines is 1. The van der Waals surface area contributed by atoms with Crippen molar-refractivity contribution in [3.05, 3.63) is 18.1 Å². The van der Waals surface area contributed by atoms with Crippen LogP contribution in [-0.2, 0) is 15.1 Å². The van der Waals surface area contributed by atoms with Crippen LogP contribution in [0, 0.1) is 0 Å². The highest BCUT2D eigenvalue weighted by molar-refractivity contribution is 5.87. The molecule has 0 aliphatic carbocycles. The maximum Gasteiger partial charge on any atom is 0.410 e. The average Bonchev–Trinajstić information content (AvgIpc) is 2.45. The van der Waals surface area contributed by atoms with E-state index in [-0.39, 0.29) is 12.0 Å². The minimum atomic E-state index is -1.16. The smallest absolute Gasteiger partial charge is 0.410 e. The van der Waals surface area contributed by atoms with Crippen LogP contribution in [0.15, 0.2) is 12.4 Å². The van der Waals surface area contributed by atoms with E-state index in [2.05, 4.69) is 15.3 Å². The van der Waals surface area contributed by atoms with E-state index in [0.717, 1.165) is 0 Å². The highest BCUT2D eigenvalue weighted by Gasteiger charge is 2.38. The van der Waals surface area contributed by atoms with Gasteiger partial charge in [0.1, 0.15) is 23.3 Å². The highest BCUT2D eigenvalue weighted by Crippen LogP contribution is 2.32. The van der Waals surface area contributed by atoms with E-state index in [1.807, 2.05) is 20.8 Å². The van der Waals surface area contributed by atoms with Gasteiger partial charge in [-0.15, -0.1) is 0 Å². The molecule has 2 N–H and O–H groups in total. The Balaban J connectivity index is 2.04. The standard InChI is InChI=1S/C16H24N4O4/c1-11(21)19-13-9-12(17-10-18-13)16(23)5-7-20(8-6-16)14(22)24-15(2,3)4/h9-10,23H,5-8H2,1-4H3,(H,17,18,19,21). The number of piperidine rings is 1. The van der Waals surface area contributed by atoms with Gasteiger partial charge in [0.15, 0.2) is 0 Å². The summed E-state index contributed by atoms with van der Waals surface area (Å²) in [4.78, 5) is 32.9. The zero-order valence-electron chi connectivity index (χ0n) is 14.5. The van der Waals surface area contributed by atoms with E-state index < -0.39 is 11.2 Å². The summed E-state index contributed by atoms with van der Waals surface area (Å²) in [7, 11) is 0. The summed E-state index contributed by atoms with van der Waals surface area (Å²) in [6, 6.07) is 1.56. The largest absolute Gasteiger partial charge is 0.444 e. The normalized spacial score (nSPS) is 17.3. The van der Waals surface area contributed by atoms with E-state index >= 15 is 0 Å². The van der Waals surface area contributed by atoms with Crippen LogP contribution in [0.5, 0.6) is 0 Å². The Bertz CT molecular complexity index is 619. The molecule has 132 valence electrons. The molecule has 2 rings (SSSR count). The fourth-order valence-electron chi connectivity index (χ4n) is 2.50. The molecule has 0 atom stereocenters. The van der Waals surface area contributed by atoms with Gasteiger partial charge in [0.05, 0.1) is 5.69 Å². The predicted molar refractivity (Wildman–Crippen MR) is 87.3 cm³/mol. The number of likely N-dealkylation sites (tertiary alicyclic amines) is 1. The second kappa shape index (κ2) is 6.72. The van der Waals surface area contributed by atoms with Crippen molar-refractivity contribution in [2.45, 2.75) is 51.7 Å². The van der Waals surface area contributed by atoms with Crippen LogP contribution in [0.2, 0.25) is 0 Å². The van der Waals surface area contributed by atoms with Gasteiger partial charge in [-0.05, 0) is 33.6 Å². The summed E-state index contributed by atoms with van der Waals surface area (Å²) in [5.41, 5.74) is -1.27. The summed E-state index contributed by atoms with van der Waals surface area (Å²) >= 11 is 0. The zero-order valence-corrected chi connectivity index (χ0v) is 14.5. The number of aromatic nitrogens is 2. The fourth-order valence-corrected chi connectivity index (χ4v) is 2.50. The third kappa shape index (κ3) is 4.64. The van der Waals surface area contributed by atoms with Crippen LogP contribution in [0.3, 0.4) is 0 Å². The molecule has 1 saturated heterocycles. The van der Waals surface area contributed by atoms with E-state index in [1.54, 1.807) is 11.0 Å². The van der Waals surface area contributed by atoms with Crippen molar-refractivity contribution in [3.63, 3.8) is 0 Å². The molecule has 1 aliphatic heterocycles. The number of ether oxygens (including phenoxy) is 1. The van der Waals surface area contributed by atoms with Crippen LogP contribution >= 0.6 is 0 Å². The molecule has 24 heavy (non-hydrogen) atoms.